The van der Waals surface area contributed by atoms with Gasteiger partial charge in [0.2, 0.25) is 5.91 Å². The van der Waals surface area contributed by atoms with Crippen LogP contribution in [0.15, 0.2) is 47.4 Å². The van der Waals surface area contributed by atoms with Crippen molar-refractivity contribution in [3.63, 3.8) is 0 Å². The minimum absolute atomic E-state index is 0.000445. The van der Waals surface area contributed by atoms with Gasteiger partial charge in [-0.2, -0.15) is 0 Å². The summed E-state index contributed by atoms with van der Waals surface area (Å²) in [5.41, 5.74) is 2.58. The number of carbonyl (C=O) groups is 2. The topological polar surface area (TPSA) is 92.8 Å². The molecule has 1 N–H and O–H groups in total. The number of esters is 1. The van der Waals surface area contributed by atoms with Crippen LogP contribution in [-0.4, -0.2) is 33.9 Å². The highest BCUT2D eigenvalue weighted by molar-refractivity contribution is 7.92. The maximum atomic E-state index is 13.2. The molecule has 8 heteroatoms. The Morgan fingerprint density at radius 1 is 1.07 bits per heavy atom. The van der Waals surface area contributed by atoms with Gasteiger partial charge in [0.15, 0.2) is 0 Å². The molecule has 0 atom stereocenters. The quantitative estimate of drug-likeness (QED) is 0.766. The summed E-state index contributed by atoms with van der Waals surface area (Å²) in [6, 6.07) is 11.0. The summed E-state index contributed by atoms with van der Waals surface area (Å²) >= 11 is 0. The number of nitrogens with zero attached hydrogens (tertiary/aromatic N) is 1. The molecule has 2 rings (SSSR count). The van der Waals surface area contributed by atoms with E-state index in [0.717, 1.165) is 15.4 Å². The second-order valence-electron chi connectivity index (χ2n) is 6.08. The van der Waals surface area contributed by atoms with E-state index in [4.69, 9.17) is 0 Å². The van der Waals surface area contributed by atoms with E-state index in [-0.39, 0.29) is 10.8 Å². The number of amides is 1. The first-order valence-corrected chi connectivity index (χ1v) is 9.63. The standard InChI is InChI=1S/C19H22N2O5S/c1-13-5-10-18(14(2)11-13)21(12-19(23)26-4)27(24,25)17-8-6-16(7-9-17)20-15(3)22/h5-11H,12H2,1-4H3,(H,20,22). The maximum absolute atomic E-state index is 13.2. The second kappa shape index (κ2) is 8.22. The van der Waals surface area contributed by atoms with E-state index in [1.165, 1.54) is 38.3 Å². The number of carbonyl (C=O) groups excluding carboxylic acids is 2. The smallest absolute Gasteiger partial charge is 0.326 e. The van der Waals surface area contributed by atoms with Crippen molar-refractivity contribution < 1.29 is 22.7 Å². The fourth-order valence-corrected chi connectivity index (χ4v) is 4.08. The van der Waals surface area contributed by atoms with Gasteiger partial charge in [-0.25, -0.2) is 8.42 Å². The highest BCUT2D eigenvalue weighted by atomic mass is 32.2. The summed E-state index contributed by atoms with van der Waals surface area (Å²) in [7, 11) is -2.81. The molecule has 2 aromatic carbocycles. The molecule has 0 spiro atoms. The second-order valence-corrected chi connectivity index (χ2v) is 7.95. The molecule has 0 unspecified atom stereocenters. The number of benzene rings is 2. The molecule has 7 nitrogen and oxygen atoms in total. The van der Waals surface area contributed by atoms with Gasteiger partial charge in [0.05, 0.1) is 17.7 Å². The van der Waals surface area contributed by atoms with E-state index in [0.29, 0.717) is 11.4 Å². The first kappa shape index (κ1) is 20.4. The third-order valence-corrected chi connectivity index (χ3v) is 5.66. The third kappa shape index (κ3) is 4.85. The molecule has 2 aromatic rings. The zero-order valence-corrected chi connectivity index (χ0v) is 16.5. The molecule has 1 amide bonds. The zero-order valence-electron chi connectivity index (χ0n) is 15.6. The van der Waals surface area contributed by atoms with E-state index in [1.54, 1.807) is 19.1 Å². The highest BCUT2D eigenvalue weighted by Crippen LogP contribution is 2.28. The molecule has 0 fully saturated rings. The number of rotatable bonds is 6. The molecular weight excluding hydrogens is 368 g/mol. The van der Waals surface area contributed by atoms with Crippen molar-refractivity contribution in [3.05, 3.63) is 53.6 Å². The van der Waals surface area contributed by atoms with Gasteiger partial charge >= 0.3 is 5.97 Å². The highest BCUT2D eigenvalue weighted by Gasteiger charge is 2.28. The van der Waals surface area contributed by atoms with Crippen molar-refractivity contribution in [2.45, 2.75) is 25.7 Å². The molecule has 0 heterocycles. The van der Waals surface area contributed by atoms with Gasteiger partial charge in [-0.15, -0.1) is 0 Å². The van der Waals surface area contributed by atoms with Crippen molar-refractivity contribution in [1.82, 2.24) is 0 Å². The summed E-state index contributed by atoms with van der Waals surface area (Å²) < 4.78 is 32.1. The number of sulfonamides is 1. The molecular formula is C19H22N2O5S. The minimum atomic E-state index is -4.02. The average Bonchev–Trinajstić information content (AvgIpc) is 2.60. The van der Waals surface area contributed by atoms with Crippen LogP contribution in [0.3, 0.4) is 0 Å². The fraction of sp³-hybridized carbons (Fsp3) is 0.263. The van der Waals surface area contributed by atoms with Crippen LogP contribution in [0.4, 0.5) is 11.4 Å². The molecule has 144 valence electrons. The van der Waals surface area contributed by atoms with Crippen LogP contribution in [-0.2, 0) is 24.3 Å². The van der Waals surface area contributed by atoms with Crippen LogP contribution in [0.2, 0.25) is 0 Å². The Morgan fingerprint density at radius 2 is 1.70 bits per heavy atom. The van der Waals surface area contributed by atoms with Gasteiger partial charge in [0.1, 0.15) is 6.54 Å². The lowest BCUT2D eigenvalue weighted by atomic mass is 10.1. The molecule has 0 saturated heterocycles. The van der Waals surface area contributed by atoms with Gasteiger partial charge in [0.25, 0.3) is 10.0 Å². The first-order chi connectivity index (χ1) is 12.6. The summed E-state index contributed by atoms with van der Waals surface area (Å²) in [6.07, 6.45) is 0. The van der Waals surface area contributed by atoms with E-state index < -0.39 is 22.5 Å². The molecule has 27 heavy (non-hydrogen) atoms. The van der Waals surface area contributed by atoms with Gasteiger partial charge in [0, 0.05) is 12.6 Å². The van der Waals surface area contributed by atoms with Crippen LogP contribution >= 0.6 is 0 Å². The van der Waals surface area contributed by atoms with E-state index in [1.807, 2.05) is 13.0 Å². The lowest BCUT2D eigenvalue weighted by Gasteiger charge is -2.25. The number of nitrogens with one attached hydrogen (secondary N) is 1. The number of methoxy groups -OCH3 is 1. The lowest BCUT2D eigenvalue weighted by molar-refractivity contribution is -0.138. The van der Waals surface area contributed by atoms with Crippen molar-refractivity contribution in [3.8, 4) is 0 Å². The molecule has 0 aliphatic carbocycles. The summed E-state index contributed by atoms with van der Waals surface area (Å²) in [4.78, 5) is 23.0. The van der Waals surface area contributed by atoms with E-state index in [9.17, 15) is 18.0 Å². The Balaban J connectivity index is 2.49. The lowest BCUT2D eigenvalue weighted by Crippen LogP contribution is -2.36. The van der Waals surface area contributed by atoms with E-state index in [2.05, 4.69) is 10.1 Å². The predicted molar refractivity (Wildman–Crippen MR) is 103 cm³/mol. The summed E-state index contributed by atoms with van der Waals surface area (Å²) in [5, 5.41) is 2.58. The Bertz CT molecular complexity index is 953. The molecule has 0 aliphatic rings. The number of anilines is 2. The fourth-order valence-electron chi connectivity index (χ4n) is 2.61. The minimum Gasteiger partial charge on any atom is -0.468 e. The molecule has 0 radical (unpaired) electrons. The van der Waals surface area contributed by atoms with Crippen LogP contribution in [0.5, 0.6) is 0 Å². The van der Waals surface area contributed by atoms with E-state index >= 15 is 0 Å². The zero-order chi connectivity index (χ0) is 20.2. The molecule has 0 aliphatic heterocycles. The Kier molecular flexibility index (Phi) is 6.22. The largest absolute Gasteiger partial charge is 0.468 e. The van der Waals surface area contributed by atoms with Crippen LogP contribution in [0.1, 0.15) is 18.1 Å². The van der Waals surface area contributed by atoms with Crippen molar-refractivity contribution in [1.29, 1.82) is 0 Å². The van der Waals surface area contributed by atoms with Crippen LogP contribution in [0.25, 0.3) is 0 Å². The first-order valence-electron chi connectivity index (χ1n) is 8.19. The number of hydrogen-bond donors (Lipinski definition) is 1. The average molecular weight is 390 g/mol. The predicted octanol–water partition coefficient (Wildman–Crippen LogP) is 2.63. The maximum Gasteiger partial charge on any atom is 0.326 e. The molecule has 0 saturated carbocycles. The van der Waals surface area contributed by atoms with Crippen molar-refractivity contribution >= 4 is 33.3 Å². The van der Waals surface area contributed by atoms with Gasteiger partial charge in [-0.3, -0.25) is 13.9 Å². The van der Waals surface area contributed by atoms with Crippen molar-refractivity contribution in [2.75, 3.05) is 23.3 Å². The Morgan fingerprint density at radius 3 is 2.22 bits per heavy atom. The summed E-state index contributed by atoms with van der Waals surface area (Å²) in [6.45, 7) is 4.60. The van der Waals surface area contributed by atoms with Gasteiger partial charge in [-0.1, -0.05) is 17.7 Å². The Labute approximate surface area is 159 Å². The van der Waals surface area contributed by atoms with Gasteiger partial charge < -0.3 is 10.1 Å². The number of hydrogen-bond acceptors (Lipinski definition) is 5. The normalized spacial score (nSPS) is 11.0. The van der Waals surface area contributed by atoms with Crippen LogP contribution in [0, 0.1) is 13.8 Å². The van der Waals surface area contributed by atoms with Crippen LogP contribution < -0.4 is 9.62 Å². The SMILES string of the molecule is COC(=O)CN(c1ccc(C)cc1C)S(=O)(=O)c1ccc(NC(C)=O)cc1. The Hall–Kier alpha value is -2.87. The van der Waals surface area contributed by atoms with Gasteiger partial charge in [-0.05, 0) is 49.7 Å². The van der Waals surface area contributed by atoms with Crippen molar-refractivity contribution in [2.24, 2.45) is 0 Å². The number of aryl methyl sites for hydroxylation is 2. The summed E-state index contributed by atoms with van der Waals surface area (Å²) in [5.74, 6) is -0.929. The monoisotopic (exact) mass is 390 g/mol. The molecule has 0 bridgehead atoms. The molecule has 0 aromatic heterocycles. The number of ether oxygens (including phenoxy) is 1. The third-order valence-electron chi connectivity index (χ3n) is 3.88.